The largest absolute Gasteiger partial charge is 0.497 e. The summed E-state index contributed by atoms with van der Waals surface area (Å²) in [6, 6.07) is 3.84. The molecule has 0 aliphatic carbocycles. The van der Waals surface area contributed by atoms with Crippen LogP contribution < -0.4 is 10.1 Å². The van der Waals surface area contributed by atoms with E-state index in [0.717, 1.165) is 6.07 Å². The average Bonchev–Trinajstić information content (AvgIpc) is 3.02. The molecular weight excluding hydrogens is 363 g/mol. The predicted octanol–water partition coefficient (Wildman–Crippen LogP) is 2.53. The fourth-order valence-corrected chi connectivity index (χ4v) is 3.21. The first-order valence-electron chi connectivity index (χ1n) is 8.48. The molecule has 0 bridgehead atoms. The number of esters is 1. The fourth-order valence-electron chi connectivity index (χ4n) is 3.21. The van der Waals surface area contributed by atoms with Crippen molar-refractivity contribution in [2.75, 3.05) is 34.4 Å². The molecule has 9 heteroatoms. The van der Waals surface area contributed by atoms with Crippen LogP contribution >= 0.6 is 0 Å². The van der Waals surface area contributed by atoms with Crippen molar-refractivity contribution >= 4 is 11.9 Å². The Bertz CT molecular complexity index is 707. The fraction of sp³-hybridized carbons (Fsp3) is 0.556. The molecule has 0 aromatic heterocycles. The number of methoxy groups -OCH3 is 2. The van der Waals surface area contributed by atoms with Gasteiger partial charge in [0, 0.05) is 26.7 Å². The first-order valence-corrected chi connectivity index (χ1v) is 8.48. The third-order valence-electron chi connectivity index (χ3n) is 4.69. The molecule has 1 heterocycles. The van der Waals surface area contributed by atoms with Gasteiger partial charge in [-0.3, -0.25) is 9.79 Å². The zero-order chi connectivity index (χ0) is 20.2. The Morgan fingerprint density at radius 1 is 1.33 bits per heavy atom. The molecule has 27 heavy (non-hydrogen) atoms. The topological polar surface area (TPSA) is 63.2 Å². The van der Waals surface area contributed by atoms with E-state index in [1.165, 1.54) is 26.4 Å². The molecule has 2 unspecified atom stereocenters. The number of rotatable bonds is 4. The minimum Gasteiger partial charge on any atom is -0.497 e. The summed E-state index contributed by atoms with van der Waals surface area (Å²) >= 11 is 0. The highest BCUT2D eigenvalue weighted by atomic mass is 19.4. The van der Waals surface area contributed by atoms with Crippen molar-refractivity contribution in [3.63, 3.8) is 0 Å². The molecule has 1 saturated heterocycles. The Morgan fingerprint density at radius 2 is 2.04 bits per heavy atom. The van der Waals surface area contributed by atoms with E-state index in [2.05, 4.69) is 10.3 Å². The van der Waals surface area contributed by atoms with E-state index in [9.17, 15) is 18.0 Å². The molecule has 6 nitrogen and oxygen atoms in total. The number of nitrogens with one attached hydrogen (secondary N) is 1. The zero-order valence-corrected chi connectivity index (χ0v) is 15.8. The van der Waals surface area contributed by atoms with Crippen molar-refractivity contribution in [3.05, 3.63) is 29.3 Å². The number of likely N-dealkylation sites (tertiary alicyclic amines) is 1. The number of halogens is 3. The van der Waals surface area contributed by atoms with Gasteiger partial charge in [-0.25, -0.2) is 0 Å². The SMILES string of the molecule is CN=C(NCc1ccc(OC)cc1C(F)(F)F)N1CC(C)C(C(=O)OC)C1. The quantitative estimate of drug-likeness (QED) is 0.489. The number of guanidine groups is 1. The lowest BCUT2D eigenvalue weighted by Gasteiger charge is -2.22. The van der Waals surface area contributed by atoms with Crippen molar-refractivity contribution in [2.45, 2.75) is 19.6 Å². The van der Waals surface area contributed by atoms with E-state index in [1.54, 1.807) is 7.05 Å². The molecule has 1 fully saturated rings. The van der Waals surface area contributed by atoms with Gasteiger partial charge in [-0.15, -0.1) is 0 Å². The summed E-state index contributed by atoms with van der Waals surface area (Å²) in [5.41, 5.74) is -0.673. The van der Waals surface area contributed by atoms with Gasteiger partial charge in [-0.05, 0) is 23.6 Å². The second-order valence-electron chi connectivity index (χ2n) is 6.43. The van der Waals surface area contributed by atoms with Crippen LogP contribution in [0.15, 0.2) is 23.2 Å². The number of nitrogens with zero attached hydrogens (tertiary/aromatic N) is 2. The summed E-state index contributed by atoms with van der Waals surface area (Å²) in [6.07, 6.45) is -4.49. The summed E-state index contributed by atoms with van der Waals surface area (Å²) < 4.78 is 49.7. The smallest absolute Gasteiger partial charge is 0.416 e. The summed E-state index contributed by atoms with van der Waals surface area (Å²) in [5.74, 6) is 0.0555. The van der Waals surface area contributed by atoms with Crippen molar-refractivity contribution in [2.24, 2.45) is 16.8 Å². The molecule has 1 aromatic rings. The van der Waals surface area contributed by atoms with E-state index in [0.29, 0.717) is 19.0 Å². The number of carbonyl (C=O) groups is 1. The molecule has 1 aliphatic heterocycles. The van der Waals surface area contributed by atoms with Crippen LogP contribution in [0.5, 0.6) is 5.75 Å². The number of hydrogen-bond acceptors (Lipinski definition) is 4. The standard InChI is InChI=1S/C18H24F3N3O3/c1-11-9-24(10-14(11)16(25)27-4)17(22-2)23-8-12-5-6-13(26-3)7-15(12)18(19,20)21/h5-7,11,14H,8-10H2,1-4H3,(H,22,23). The number of hydrogen-bond donors (Lipinski definition) is 1. The molecule has 1 N–H and O–H groups in total. The molecule has 2 atom stereocenters. The monoisotopic (exact) mass is 387 g/mol. The number of carbonyl (C=O) groups excluding carboxylic acids is 1. The van der Waals surface area contributed by atoms with Crippen LogP contribution in [-0.4, -0.2) is 51.2 Å². The first kappa shape index (κ1) is 20.9. The molecular formula is C18H24F3N3O3. The Hall–Kier alpha value is -2.45. The maximum atomic E-state index is 13.3. The van der Waals surface area contributed by atoms with Gasteiger partial charge in [0.1, 0.15) is 5.75 Å². The Morgan fingerprint density at radius 3 is 2.59 bits per heavy atom. The van der Waals surface area contributed by atoms with Gasteiger partial charge in [0.25, 0.3) is 0 Å². The highest BCUT2D eigenvalue weighted by molar-refractivity contribution is 5.82. The molecule has 1 aliphatic rings. The van der Waals surface area contributed by atoms with Gasteiger partial charge in [0.15, 0.2) is 5.96 Å². The minimum atomic E-state index is -4.49. The van der Waals surface area contributed by atoms with Crippen molar-refractivity contribution in [3.8, 4) is 5.75 Å². The second kappa shape index (κ2) is 8.49. The third kappa shape index (κ3) is 4.84. The lowest BCUT2D eigenvalue weighted by Crippen LogP contribution is -2.40. The summed E-state index contributed by atoms with van der Waals surface area (Å²) in [6.45, 7) is 2.84. The molecule has 0 saturated carbocycles. The van der Waals surface area contributed by atoms with E-state index in [4.69, 9.17) is 9.47 Å². The van der Waals surface area contributed by atoms with Crippen LogP contribution in [-0.2, 0) is 22.3 Å². The molecule has 150 valence electrons. The Balaban J connectivity index is 2.12. The lowest BCUT2D eigenvalue weighted by molar-refractivity contribution is -0.146. The Kier molecular flexibility index (Phi) is 6.56. The summed E-state index contributed by atoms with van der Waals surface area (Å²) in [5, 5.41) is 2.96. The van der Waals surface area contributed by atoms with Gasteiger partial charge in [-0.1, -0.05) is 13.0 Å². The predicted molar refractivity (Wildman–Crippen MR) is 94.4 cm³/mol. The average molecular weight is 387 g/mol. The van der Waals surface area contributed by atoms with Crippen LogP contribution in [0.3, 0.4) is 0 Å². The summed E-state index contributed by atoms with van der Waals surface area (Å²) in [4.78, 5) is 17.8. The van der Waals surface area contributed by atoms with Gasteiger partial charge in [0.2, 0.25) is 0 Å². The van der Waals surface area contributed by atoms with Crippen LogP contribution in [0, 0.1) is 11.8 Å². The van der Waals surface area contributed by atoms with Gasteiger partial charge >= 0.3 is 12.1 Å². The third-order valence-corrected chi connectivity index (χ3v) is 4.69. The lowest BCUT2D eigenvalue weighted by atomic mass is 9.99. The van der Waals surface area contributed by atoms with Crippen LogP contribution in [0.2, 0.25) is 0 Å². The van der Waals surface area contributed by atoms with E-state index in [-0.39, 0.29) is 35.7 Å². The van der Waals surface area contributed by atoms with E-state index < -0.39 is 11.7 Å². The molecule has 0 radical (unpaired) electrons. The minimum absolute atomic E-state index is 0.0563. The Labute approximate surface area is 156 Å². The van der Waals surface area contributed by atoms with E-state index in [1.807, 2.05) is 11.8 Å². The molecule has 2 rings (SSSR count). The van der Waals surface area contributed by atoms with Gasteiger partial charge in [0.05, 0.1) is 25.7 Å². The van der Waals surface area contributed by atoms with Crippen LogP contribution in [0.1, 0.15) is 18.1 Å². The van der Waals surface area contributed by atoms with Crippen molar-refractivity contribution < 1.29 is 27.4 Å². The van der Waals surface area contributed by atoms with Gasteiger partial charge in [-0.2, -0.15) is 13.2 Å². The number of ether oxygens (including phenoxy) is 2. The second-order valence-corrected chi connectivity index (χ2v) is 6.43. The van der Waals surface area contributed by atoms with E-state index >= 15 is 0 Å². The zero-order valence-electron chi connectivity index (χ0n) is 15.8. The highest BCUT2D eigenvalue weighted by Gasteiger charge is 2.37. The first-order chi connectivity index (χ1) is 12.7. The molecule has 1 aromatic carbocycles. The number of alkyl halides is 3. The van der Waals surface area contributed by atoms with Crippen molar-refractivity contribution in [1.29, 1.82) is 0 Å². The van der Waals surface area contributed by atoms with Gasteiger partial charge < -0.3 is 19.7 Å². The van der Waals surface area contributed by atoms with Crippen LogP contribution in [0.25, 0.3) is 0 Å². The number of aliphatic imine (C=N–C) groups is 1. The summed E-state index contributed by atoms with van der Waals surface area (Å²) in [7, 11) is 4.21. The van der Waals surface area contributed by atoms with Crippen LogP contribution in [0.4, 0.5) is 13.2 Å². The number of benzene rings is 1. The normalized spacial score (nSPS) is 20.6. The molecule has 0 amide bonds. The maximum Gasteiger partial charge on any atom is 0.416 e. The highest BCUT2D eigenvalue weighted by Crippen LogP contribution is 2.34. The van der Waals surface area contributed by atoms with Crippen molar-refractivity contribution in [1.82, 2.24) is 10.2 Å². The molecule has 0 spiro atoms. The maximum absolute atomic E-state index is 13.3.